The van der Waals surface area contributed by atoms with Gasteiger partial charge in [-0.2, -0.15) is 0 Å². The van der Waals surface area contributed by atoms with E-state index in [2.05, 4.69) is 36.0 Å². The second kappa shape index (κ2) is 4.51. The lowest BCUT2D eigenvalue weighted by atomic mass is 10.1. The molecule has 0 aliphatic carbocycles. The van der Waals surface area contributed by atoms with E-state index in [0.29, 0.717) is 0 Å². The molecule has 56 valence electrons. The summed E-state index contributed by atoms with van der Waals surface area (Å²) in [4.78, 5) is 0. The number of hydrogen-bond donors (Lipinski definition) is 0. The molecule has 0 aromatic carbocycles. The highest BCUT2D eigenvalue weighted by molar-refractivity contribution is 9.09. The highest BCUT2D eigenvalue weighted by Gasteiger charge is 1.95. The van der Waals surface area contributed by atoms with Crippen LogP contribution in [0, 0.1) is 0 Å². The molecule has 0 radical (unpaired) electrons. The monoisotopic (exact) mass is 200 g/mol. The molecule has 0 aromatic rings. The Morgan fingerprint density at radius 2 is 2.00 bits per heavy atom. The van der Waals surface area contributed by atoms with Crippen molar-refractivity contribution in [1.82, 2.24) is 0 Å². The predicted octanol–water partition coefficient (Wildman–Crippen LogP) is 3.46. The topological polar surface area (TPSA) is 0 Å². The quantitative estimate of drug-likeness (QED) is 0.484. The smallest absolute Gasteiger partial charge is 0.0279 e. The van der Waals surface area contributed by atoms with Crippen LogP contribution in [0.4, 0.5) is 0 Å². The van der Waals surface area contributed by atoms with Gasteiger partial charge in [-0.3, -0.25) is 0 Å². The van der Waals surface area contributed by atoms with E-state index in [1.165, 1.54) is 11.1 Å². The van der Waals surface area contributed by atoms with E-state index in [9.17, 15) is 0 Å². The lowest BCUT2D eigenvalue weighted by Gasteiger charge is -2.03. The fourth-order valence-corrected chi connectivity index (χ4v) is 0.953. The summed E-state index contributed by atoms with van der Waals surface area (Å²) in [5, 5.41) is 0.837. The first kappa shape index (κ1) is 9.70. The SMILES string of the molecule is C=C/C(C)=C(/C)C(=C)CBr. The number of halogens is 1. The van der Waals surface area contributed by atoms with Crippen molar-refractivity contribution in [3.63, 3.8) is 0 Å². The predicted molar refractivity (Wildman–Crippen MR) is 51.5 cm³/mol. The van der Waals surface area contributed by atoms with E-state index < -0.39 is 0 Å². The Morgan fingerprint density at radius 3 is 2.30 bits per heavy atom. The summed E-state index contributed by atoms with van der Waals surface area (Å²) in [6, 6.07) is 0. The molecular formula is C9H13Br. The molecule has 10 heavy (non-hydrogen) atoms. The van der Waals surface area contributed by atoms with E-state index in [1.807, 2.05) is 13.0 Å². The molecule has 0 nitrogen and oxygen atoms in total. The minimum Gasteiger partial charge on any atom is -0.0988 e. The number of hydrogen-bond acceptors (Lipinski definition) is 0. The fraction of sp³-hybridized carbons (Fsp3) is 0.333. The molecule has 0 unspecified atom stereocenters. The van der Waals surface area contributed by atoms with Crippen LogP contribution in [0.3, 0.4) is 0 Å². The van der Waals surface area contributed by atoms with E-state index in [1.54, 1.807) is 0 Å². The molecule has 0 atom stereocenters. The average Bonchev–Trinajstić information content (AvgIpc) is 2.00. The Balaban J connectivity index is 4.45. The van der Waals surface area contributed by atoms with Crippen molar-refractivity contribution in [2.45, 2.75) is 13.8 Å². The van der Waals surface area contributed by atoms with Gasteiger partial charge in [0.15, 0.2) is 0 Å². The third kappa shape index (κ3) is 2.53. The normalized spacial score (nSPS) is 12.3. The van der Waals surface area contributed by atoms with Crippen molar-refractivity contribution in [3.8, 4) is 0 Å². The highest BCUT2D eigenvalue weighted by Crippen LogP contribution is 2.14. The third-order valence-corrected chi connectivity index (χ3v) is 2.27. The van der Waals surface area contributed by atoms with Gasteiger partial charge < -0.3 is 0 Å². The van der Waals surface area contributed by atoms with Crippen LogP contribution < -0.4 is 0 Å². The maximum Gasteiger partial charge on any atom is 0.0279 e. The molecule has 0 saturated carbocycles. The molecule has 0 fully saturated rings. The molecule has 0 aromatic heterocycles. The van der Waals surface area contributed by atoms with Crippen LogP contribution in [0.25, 0.3) is 0 Å². The zero-order valence-electron chi connectivity index (χ0n) is 6.58. The summed E-state index contributed by atoms with van der Waals surface area (Å²) < 4.78 is 0. The fourth-order valence-electron chi connectivity index (χ4n) is 0.532. The largest absolute Gasteiger partial charge is 0.0988 e. The molecule has 0 heterocycles. The van der Waals surface area contributed by atoms with Crippen molar-refractivity contribution < 1.29 is 0 Å². The zero-order valence-corrected chi connectivity index (χ0v) is 8.16. The Morgan fingerprint density at radius 1 is 1.50 bits per heavy atom. The highest BCUT2D eigenvalue weighted by atomic mass is 79.9. The van der Waals surface area contributed by atoms with Crippen LogP contribution in [0.1, 0.15) is 13.8 Å². The van der Waals surface area contributed by atoms with Gasteiger partial charge in [-0.25, -0.2) is 0 Å². The van der Waals surface area contributed by atoms with Gasteiger partial charge in [0.2, 0.25) is 0 Å². The standard InChI is InChI=1S/C9H13Br/c1-5-7(2)9(4)8(3)6-10/h5H,1,3,6H2,2,4H3/b9-7-. The summed E-state index contributed by atoms with van der Waals surface area (Å²) in [6.07, 6.45) is 1.85. The Hall–Kier alpha value is -0.300. The summed E-state index contributed by atoms with van der Waals surface area (Å²) in [5.41, 5.74) is 3.55. The first-order valence-corrected chi connectivity index (χ1v) is 4.29. The summed E-state index contributed by atoms with van der Waals surface area (Å²) in [6.45, 7) is 11.7. The third-order valence-electron chi connectivity index (χ3n) is 1.59. The zero-order chi connectivity index (χ0) is 8.15. The minimum absolute atomic E-state index is 0.837. The van der Waals surface area contributed by atoms with Crippen LogP contribution in [0.15, 0.2) is 36.0 Å². The molecule has 0 N–H and O–H groups in total. The van der Waals surface area contributed by atoms with E-state index in [-0.39, 0.29) is 0 Å². The summed E-state index contributed by atoms with van der Waals surface area (Å²) >= 11 is 3.34. The second-order valence-electron chi connectivity index (χ2n) is 2.25. The average molecular weight is 201 g/mol. The molecule has 0 rings (SSSR count). The van der Waals surface area contributed by atoms with Gasteiger partial charge in [0, 0.05) is 5.33 Å². The maximum atomic E-state index is 3.89. The van der Waals surface area contributed by atoms with Gasteiger partial charge >= 0.3 is 0 Å². The first-order valence-electron chi connectivity index (χ1n) is 3.17. The van der Waals surface area contributed by atoms with E-state index >= 15 is 0 Å². The van der Waals surface area contributed by atoms with Crippen molar-refractivity contribution in [2.75, 3.05) is 5.33 Å². The Bertz CT molecular complexity index is 175. The van der Waals surface area contributed by atoms with Gasteiger partial charge in [0.05, 0.1) is 0 Å². The summed E-state index contributed by atoms with van der Waals surface area (Å²) in [5.74, 6) is 0. The Labute approximate surface area is 71.5 Å². The van der Waals surface area contributed by atoms with E-state index in [4.69, 9.17) is 0 Å². The van der Waals surface area contributed by atoms with Crippen molar-refractivity contribution in [1.29, 1.82) is 0 Å². The molecule has 1 heteroatoms. The number of alkyl halides is 1. The van der Waals surface area contributed by atoms with Crippen LogP contribution in [0.2, 0.25) is 0 Å². The lowest BCUT2D eigenvalue weighted by molar-refractivity contribution is 1.30. The minimum atomic E-state index is 0.837. The van der Waals surface area contributed by atoms with Gasteiger partial charge in [0.1, 0.15) is 0 Å². The molecule has 0 saturated heterocycles. The maximum absolute atomic E-state index is 3.89. The van der Waals surface area contributed by atoms with E-state index in [0.717, 1.165) is 10.9 Å². The lowest BCUT2D eigenvalue weighted by Crippen LogP contribution is -1.86. The number of allylic oxidation sites excluding steroid dienone is 4. The molecule has 0 aliphatic rings. The van der Waals surface area contributed by atoms with Gasteiger partial charge in [-0.1, -0.05) is 35.2 Å². The molecule has 0 bridgehead atoms. The van der Waals surface area contributed by atoms with Gasteiger partial charge in [0.25, 0.3) is 0 Å². The number of rotatable bonds is 3. The van der Waals surface area contributed by atoms with Crippen LogP contribution in [-0.4, -0.2) is 5.33 Å². The van der Waals surface area contributed by atoms with Crippen molar-refractivity contribution in [3.05, 3.63) is 36.0 Å². The van der Waals surface area contributed by atoms with Crippen molar-refractivity contribution in [2.24, 2.45) is 0 Å². The van der Waals surface area contributed by atoms with Gasteiger partial charge in [-0.15, -0.1) is 0 Å². The molecule has 0 amide bonds. The second-order valence-corrected chi connectivity index (χ2v) is 2.81. The molecule has 0 spiro atoms. The molecular weight excluding hydrogens is 188 g/mol. The summed E-state index contributed by atoms with van der Waals surface area (Å²) in [7, 11) is 0. The van der Waals surface area contributed by atoms with Crippen LogP contribution in [-0.2, 0) is 0 Å². The van der Waals surface area contributed by atoms with Crippen molar-refractivity contribution >= 4 is 15.9 Å². The van der Waals surface area contributed by atoms with Gasteiger partial charge in [-0.05, 0) is 30.6 Å². The molecule has 0 aliphatic heterocycles. The van der Waals surface area contributed by atoms with Crippen LogP contribution in [0.5, 0.6) is 0 Å². The van der Waals surface area contributed by atoms with Crippen LogP contribution >= 0.6 is 15.9 Å². The Kier molecular flexibility index (Phi) is 4.37. The first-order chi connectivity index (χ1) is 4.63.